The van der Waals surface area contributed by atoms with E-state index in [2.05, 4.69) is 38.2 Å². The van der Waals surface area contributed by atoms with Crippen LogP contribution in [0.2, 0.25) is 0 Å². The maximum atomic E-state index is 12.7. The lowest BCUT2D eigenvalue weighted by molar-refractivity contribution is -0.154. The predicted molar refractivity (Wildman–Crippen MR) is 256 cm³/mol. The monoisotopic (exact) mass is 887 g/mol. The molecule has 3 atom stereocenters. The Bertz CT molecular complexity index is 1010. The van der Waals surface area contributed by atoms with E-state index in [0.29, 0.717) is 6.61 Å². The number of hydrogen-bond acceptors (Lipinski definition) is 8. The van der Waals surface area contributed by atoms with E-state index in [1.165, 1.54) is 180 Å². The molecule has 10 heteroatoms. The van der Waals surface area contributed by atoms with E-state index < -0.39 is 33.2 Å². The standard InChI is InChI=1S/C51H99O9P/c1-3-5-7-9-11-13-15-17-19-21-23-24-25-26-27-29-31-33-35-37-39-41-43-51(54)60-50(48-59-61(55,56)58-46-49(53)45-52)47-57-44-42-40-38-36-34-32-30-28-22-20-18-16-14-12-10-8-6-4-2/h12,14,18,20,49-50,52-53H,3-11,13,15-17,19,21-48H2,1-2H3,(H,55,56)/b14-12-,20-18-. The van der Waals surface area contributed by atoms with E-state index in [4.69, 9.17) is 23.6 Å². The number of rotatable bonds is 50. The summed E-state index contributed by atoms with van der Waals surface area (Å²) in [6.07, 6.45) is 52.9. The summed E-state index contributed by atoms with van der Waals surface area (Å²) < 4.78 is 33.5. The molecule has 362 valence electrons. The fraction of sp³-hybridized carbons (Fsp3) is 0.902. The summed E-state index contributed by atoms with van der Waals surface area (Å²) in [6.45, 7) is 3.54. The maximum Gasteiger partial charge on any atom is 0.472 e. The largest absolute Gasteiger partial charge is 0.472 e. The molecule has 0 aliphatic carbocycles. The minimum Gasteiger partial charge on any atom is -0.457 e. The maximum absolute atomic E-state index is 12.7. The Labute approximate surface area is 376 Å². The first-order valence-corrected chi connectivity index (χ1v) is 27.3. The second-order valence-electron chi connectivity index (χ2n) is 17.5. The number of carbonyl (C=O) groups is 1. The third kappa shape index (κ3) is 48.2. The van der Waals surface area contributed by atoms with Crippen LogP contribution in [0.3, 0.4) is 0 Å². The summed E-state index contributed by atoms with van der Waals surface area (Å²) in [4.78, 5) is 22.7. The van der Waals surface area contributed by atoms with E-state index in [-0.39, 0.29) is 25.6 Å². The van der Waals surface area contributed by atoms with Gasteiger partial charge in [0.05, 0.1) is 26.4 Å². The molecule has 3 unspecified atom stereocenters. The van der Waals surface area contributed by atoms with E-state index in [0.717, 1.165) is 51.4 Å². The van der Waals surface area contributed by atoms with Crippen molar-refractivity contribution in [1.29, 1.82) is 0 Å². The molecule has 0 aliphatic rings. The summed E-state index contributed by atoms with van der Waals surface area (Å²) in [7, 11) is -4.52. The van der Waals surface area contributed by atoms with Crippen LogP contribution >= 0.6 is 7.82 Å². The van der Waals surface area contributed by atoms with Crippen LogP contribution in [0.25, 0.3) is 0 Å². The predicted octanol–water partition coefficient (Wildman–Crippen LogP) is 15.0. The Morgan fingerprint density at radius 3 is 1.34 bits per heavy atom. The van der Waals surface area contributed by atoms with Crippen LogP contribution in [-0.4, -0.2) is 66.3 Å². The van der Waals surface area contributed by atoms with Gasteiger partial charge in [0.1, 0.15) is 12.2 Å². The van der Waals surface area contributed by atoms with Crippen molar-refractivity contribution in [3.63, 3.8) is 0 Å². The van der Waals surface area contributed by atoms with Crippen molar-refractivity contribution in [3.8, 4) is 0 Å². The van der Waals surface area contributed by atoms with Gasteiger partial charge in [0.15, 0.2) is 0 Å². The number of hydrogen-bond donors (Lipinski definition) is 3. The van der Waals surface area contributed by atoms with Crippen molar-refractivity contribution in [1.82, 2.24) is 0 Å². The summed E-state index contributed by atoms with van der Waals surface area (Å²) in [5, 5.41) is 18.4. The smallest absolute Gasteiger partial charge is 0.457 e. The van der Waals surface area contributed by atoms with Crippen molar-refractivity contribution >= 4 is 13.8 Å². The Morgan fingerprint density at radius 1 is 0.508 bits per heavy atom. The zero-order valence-electron chi connectivity index (χ0n) is 39.9. The number of phosphoric acid groups is 1. The SMILES string of the molecule is CCCCC/C=C\C/C=C\CCCCCCCCCCOCC(COP(=O)(O)OCC(O)CO)OC(=O)CCCCCCCCCCCCCCCCCCCCCCCC. The molecule has 0 aromatic heterocycles. The molecule has 0 amide bonds. The first-order valence-electron chi connectivity index (χ1n) is 25.8. The van der Waals surface area contributed by atoms with Gasteiger partial charge >= 0.3 is 13.8 Å². The van der Waals surface area contributed by atoms with Crippen LogP contribution in [0.1, 0.15) is 251 Å². The molecule has 0 aromatic rings. The van der Waals surface area contributed by atoms with Crippen LogP contribution in [0.15, 0.2) is 24.3 Å². The molecule has 0 heterocycles. The van der Waals surface area contributed by atoms with Crippen LogP contribution in [-0.2, 0) is 27.9 Å². The number of ether oxygens (including phenoxy) is 2. The normalized spacial score (nSPS) is 14.0. The van der Waals surface area contributed by atoms with Crippen LogP contribution < -0.4 is 0 Å². The molecular weight excluding hydrogens is 788 g/mol. The first kappa shape index (κ1) is 59.9. The van der Waals surface area contributed by atoms with Crippen molar-refractivity contribution in [2.24, 2.45) is 0 Å². The average Bonchev–Trinajstić information content (AvgIpc) is 3.25. The Hall–Kier alpha value is -1.06. The van der Waals surface area contributed by atoms with E-state index in [1.807, 2.05) is 0 Å². The summed E-state index contributed by atoms with van der Waals surface area (Å²) in [5.41, 5.74) is 0. The highest BCUT2D eigenvalue weighted by atomic mass is 31.2. The molecule has 0 radical (unpaired) electrons. The molecule has 0 fully saturated rings. The molecule has 3 N–H and O–H groups in total. The molecule has 0 aliphatic heterocycles. The number of esters is 1. The third-order valence-electron chi connectivity index (χ3n) is 11.4. The number of aliphatic hydroxyl groups is 2. The van der Waals surface area contributed by atoms with Crippen molar-refractivity contribution < 1.29 is 43.0 Å². The summed E-state index contributed by atoms with van der Waals surface area (Å²) in [5.74, 6) is -0.379. The molecule has 9 nitrogen and oxygen atoms in total. The van der Waals surface area contributed by atoms with Crippen LogP contribution in [0.4, 0.5) is 0 Å². The molecule has 61 heavy (non-hydrogen) atoms. The van der Waals surface area contributed by atoms with E-state index in [9.17, 15) is 19.4 Å². The number of allylic oxidation sites excluding steroid dienone is 4. The van der Waals surface area contributed by atoms with Gasteiger partial charge in [0.2, 0.25) is 0 Å². The Morgan fingerprint density at radius 2 is 0.885 bits per heavy atom. The van der Waals surface area contributed by atoms with Gasteiger partial charge in [-0.1, -0.05) is 224 Å². The molecule has 0 aromatic carbocycles. The minimum atomic E-state index is -4.52. The zero-order chi connectivity index (χ0) is 44.6. The third-order valence-corrected chi connectivity index (χ3v) is 12.3. The molecule has 0 saturated carbocycles. The van der Waals surface area contributed by atoms with Gasteiger partial charge in [0.25, 0.3) is 0 Å². The van der Waals surface area contributed by atoms with E-state index >= 15 is 0 Å². The lowest BCUT2D eigenvalue weighted by atomic mass is 10.0. The van der Waals surface area contributed by atoms with Gasteiger partial charge in [-0.3, -0.25) is 13.8 Å². The fourth-order valence-corrected chi connectivity index (χ4v) is 8.24. The molecule has 0 bridgehead atoms. The van der Waals surface area contributed by atoms with Crippen molar-refractivity contribution in [2.45, 2.75) is 264 Å². The second-order valence-corrected chi connectivity index (χ2v) is 19.0. The molecular formula is C51H99O9P. The zero-order valence-corrected chi connectivity index (χ0v) is 40.8. The highest BCUT2D eigenvalue weighted by Crippen LogP contribution is 2.43. The van der Waals surface area contributed by atoms with Crippen LogP contribution in [0, 0.1) is 0 Å². The first-order chi connectivity index (χ1) is 29.8. The second kappa shape index (κ2) is 48.4. The summed E-state index contributed by atoms with van der Waals surface area (Å²) >= 11 is 0. The highest BCUT2D eigenvalue weighted by Gasteiger charge is 2.26. The number of carbonyl (C=O) groups excluding carboxylic acids is 1. The number of aliphatic hydroxyl groups excluding tert-OH is 2. The summed E-state index contributed by atoms with van der Waals surface area (Å²) in [6, 6.07) is 0. The van der Waals surface area contributed by atoms with Gasteiger partial charge in [-0.15, -0.1) is 0 Å². The highest BCUT2D eigenvalue weighted by molar-refractivity contribution is 7.47. The van der Waals surface area contributed by atoms with Gasteiger partial charge < -0.3 is 24.6 Å². The van der Waals surface area contributed by atoms with E-state index in [1.54, 1.807) is 0 Å². The molecule has 0 rings (SSSR count). The lowest BCUT2D eigenvalue weighted by Gasteiger charge is -2.20. The van der Waals surface area contributed by atoms with Crippen molar-refractivity contribution in [3.05, 3.63) is 24.3 Å². The van der Waals surface area contributed by atoms with Gasteiger partial charge in [-0.25, -0.2) is 4.57 Å². The molecule has 0 spiro atoms. The van der Waals surface area contributed by atoms with Gasteiger partial charge in [-0.2, -0.15) is 0 Å². The van der Waals surface area contributed by atoms with Crippen molar-refractivity contribution in [2.75, 3.05) is 33.0 Å². The van der Waals surface area contributed by atoms with Gasteiger partial charge in [-0.05, 0) is 44.9 Å². The molecule has 0 saturated heterocycles. The Kier molecular flexibility index (Phi) is 47.6. The average molecular weight is 887 g/mol. The quantitative estimate of drug-likeness (QED) is 0.0236. The minimum absolute atomic E-state index is 0.0497. The topological polar surface area (TPSA) is 132 Å². The number of unbranched alkanes of at least 4 members (excludes halogenated alkanes) is 32. The van der Waals surface area contributed by atoms with Gasteiger partial charge in [0, 0.05) is 13.0 Å². The Balaban J connectivity index is 4.04. The fourth-order valence-electron chi connectivity index (χ4n) is 7.45. The van der Waals surface area contributed by atoms with Crippen LogP contribution in [0.5, 0.6) is 0 Å². The lowest BCUT2D eigenvalue weighted by Crippen LogP contribution is -2.29. The number of phosphoric ester groups is 1.